The molecule has 7 N–H and O–H groups in total. The molecule has 0 amide bonds. The van der Waals surface area contributed by atoms with Crippen LogP contribution in [0.15, 0.2) is 23.3 Å². The smallest absolute Gasteiger partial charge is 0.187 e. The van der Waals surface area contributed by atoms with Crippen molar-refractivity contribution < 1.29 is 45.2 Å². The number of fused-ring (bicyclic) bond motifs is 5. The lowest BCUT2D eigenvalue weighted by atomic mass is 9.45. The zero-order valence-corrected chi connectivity index (χ0v) is 25.3. The maximum absolute atomic E-state index is 12.6. The summed E-state index contributed by atoms with van der Waals surface area (Å²) in [5.41, 5.74) is 1.04. The molecule has 3 saturated carbocycles. The van der Waals surface area contributed by atoms with Gasteiger partial charge in [0, 0.05) is 24.5 Å². The predicted molar refractivity (Wildman–Crippen MR) is 154 cm³/mol. The molecule has 6 rings (SSSR count). The summed E-state index contributed by atoms with van der Waals surface area (Å²) in [4.78, 5) is 0. The van der Waals surface area contributed by atoms with Crippen LogP contribution in [0.3, 0.4) is 0 Å². The molecule has 4 fully saturated rings. The molecule has 5 aliphatic carbocycles. The van der Waals surface area contributed by atoms with Crippen LogP contribution in [0.4, 0.5) is 0 Å². The second-order valence-electron chi connectivity index (χ2n) is 14.9. The Bertz CT molecular complexity index is 1080. The standard InChI is InChI=1S/C33H52O9/c1-17-27(37)28(38)29(39)30(41-17)42-21-6-9-31(2)20(14-21)4-5-25-24(31)7-10-32(3)23(8-11-33(25,32)40)22-12-18(15-34)19(16-35)13-26(22)36/h12,14,17-19,21,23-30,34-40H,4-11,13,15-16H2,1-3H3/t17-,18+,19+,21-,23+,24-,25+,26-,27-,28+,29+,30-,31-,32+,33-/m0/s1. The van der Waals surface area contributed by atoms with Crippen LogP contribution in [0, 0.1) is 40.4 Å². The molecule has 9 heteroatoms. The van der Waals surface area contributed by atoms with E-state index in [1.165, 1.54) is 5.57 Å². The lowest BCUT2D eigenvalue weighted by Gasteiger charge is -2.62. The molecule has 0 aromatic heterocycles. The van der Waals surface area contributed by atoms with Gasteiger partial charge in [-0.3, -0.25) is 0 Å². The van der Waals surface area contributed by atoms with E-state index in [2.05, 4.69) is 19.9 Å². The molecule has 1 saturated heterocycles. The summed E-state index contributed by atoms with van der Waals surface area (Å²) in [6.07, 6.45) is 5.07. The van der Waals surface area contributed by atoms with Gasteiger partial charge in [0.2, 0.25) is 0 Å². The normalized spacial score (nSPS) is 54.3. The zero-order valence-electron chi connectivity index (χ0n) is 25.3. The van der Waals surface area contributed by atoms with E-state index >= 15 is 0 Å². The number of allylic oxidation sites excluding steroid dienone is 1. The van der Waals surface area contributed by atoms with Crippen molar-refractivity contribution in [3.63, 3.8) is 0 Å². The Hall–Kier alpha value is -0.880. The fraction of sp³-hybridized carbons (Fsp3) is 0.879. The van der Waals surface area contributed by atoms with Crippen LogP contribution >= 0.6 is 0 Å². The topological polar surface area (TPSA) is 160 Å². The Morgan fingerprint density at radius 3 is 2.36 bits per heavy atom. The Labute approximate surface area is 249 Å². The number of ether oxygens (including phenoxy) is 2. The lowest BCUT2D eigenvalue weighted by molar-refractivity contribution is -0.301. The first kappa shape index (κ1) is 31.1. The van der Waals surface area contributed by atoms with Crippen LogP contribution in [0.5, 0.6) is 0 Å². The van der Waals surface area contributed by atoms with Crippen molar-refractivity contribution in [1.82, 2.24) is 0 Å². The molecule has 0 radical (unpaired) electrons. The summed E-state index contributed by atoms with van der Waals surface area (Å²) in [6.45, 7) is 6.12. The number of hydrogen-bond donors (Lipinski definition) is 7. The minimum atomic E-state index is -1.32. The van der Waals surface area contributed by atoms with E-state index in [1.807, 2.05) is 6.08 Å². The second-order valence-corrected chi connectivity index (χ2v) is 14.9. The molecule has 0 aromatic rings. The van der Waals surface area contributed by atoms with E-state index in [0.717, 1.165) is 50.5 Å². The minimum absolute atomic E-state index is 0.0502. The summed E-state index contributed by atoms with van der Waals surface area (Å²) in [5, 5.41) is 74.3. The van der Waals surface area contributed by atoms with Gasteiger partial charge >= 0.3 is 0 Å². The van der Waals surface area contributed by atoms with Crippen molar-refractivity contribution in [3.8, 4) is 0 Å². The molecule has 238 valence electrons. The van der Waals surface area contributed by atoms with Gasteiger partial charge < -0.3 is 45.2 Å². The number of aliphatic hydroxyl groups excluding tert-OH is 6. The number of rotatable bonds is 5. The number of aliphatic hydroxyl groups is 7. The summed E-state index contributed by atoms with van der Waals surface area (Å²) < 4.78 is 11.9. The van der Waals surface area contributed by atoms with Crippen molar-refractivity contribution in [1.29, 1.82) is 0 Å². The third kappa shape index (κ3) is 4.60. The van der Waals surface area contributed by atoms with Gasteiger partial charge in [-0.25, -0.2) is 0 Å². The maximum atomic E-state index is 12.6. The first-order valence-electron chi connectivity index (χ1n) is 16.3. The van der Waals surface area contributed by atoms with Gasteiger partial charge in [0.1, 0.15) is 18.3 Å². The van der Waals surface area contributed by atoms with Gasteiger partial charge in [0.25, 0.3) is 0 Å². The fourth-order valence-corrected chi connectivity index (χ4v) is 10.5. The van der Waals surface area contributed by atoms with Crippen LogP contribution in [-0.2, 0) is 9.47 Å². The van der Waals surface area contributed by atoms with Gasteiger partial charge in [-0.1, -0.05) is 31.6 Å². The van der Waals surface area contributed by atoms with Gasteiger partial charge in [-0.2, -0.15) is 0 Å². The largest absolute Gasteiger partial charge is 0.396 e. The maximum Gasteiger partial charge on any atom is 0.187 e. The van der Waals surface area contributed by atoms with Crippen molar-refractivity contribution in [3.05, 3.63) is 23.3 Å². The molecule has 15 atom stereocenters. The first-order chi connectivity index (χ1) is 19.9. The highest BCUT2D eigenvalue weighted by molar-refractivity contribution is 5.31. The van der Waals surface area contributed by atoms with E-state index in [9.17, 15) is 35.7 Å². The van der Waals surface area contributed by atoms with E-state index in [1.54, 1.807) is 6.92 Å². The lowest BCUT2D eigenvalue weighted by Crippen LogP contribution is -2.61. The molecule has 0 bridgehead atoms. The summed E-state index contributed by atoms with van der Waals surface area (Å²) in [5.74, 6) is 0.227. The summed E-state index contributed by atoms with van der Waals surface area (Å²) >= 11 is 0. The molecule has 9 nitrogen and oxygen atoms in total. The van der Waals surface area contributed by atoms with Crippen LogP contribution in [0.2, 0.25) is 0 Å². The average Bonchev–Trinajstić information content (AvgIpc) is 3.25. The molecule has 6 aliphatic rings. The Kier molecular flexibility index (Phi) is 8.28. The monoisotopic (exact) mass is 592 g/mol. The van der Waals surface area contributed by atoms with Gasteiger partial charge in [0.15, 0.2) is 6.29 Å². The van der Waals surface area contributed by atoms with Gasteiger partial charge in [0.05, 0.1) is 23.9 Å². The first-order valence-corrected chi connectivity index (χ1v) is 16.3. The molecule has 1 heterocycles. The second kappa shape index (κ2) is 11.2. The highest BCUT2D eigenvalue weighted by Gasteiger charge is 2.67. The van der Waals surface area contributed by atoms with Crippen LogP contribution in [0.25, 0.3) is 0 Å². The molecule has 0 aromatic carbocycles. The Morgan fingerprint density at radius 2 is 1.64 bits per heavy atom. The highest BCUT2D eigenvalue weighted by Crippen LogP contribution is 2.69. The van der Waals surface area contributed by atoms with Crippen molar-refractivity contribution in [2.24, 2.45) is 40.4 Å². The van der Waals surface area contributed by atoms with E-state index in [-0.39, 0.29) is 53.8 Å². The average molecular weight is 593 g/mol. The van der Waals surface area contributed by atoms with E-state index in [4.69, 9.17) is 9.47 Å². The summed E-state index contributed by atoms with van der Waals surface area (Å²) in [6, 6.07) is 0. The molecule has 42 heavy (non-hydrogen) atoms. The van der Waals surface area contributed by atoms with Crippen LogP contribution in [-0.4, -0.2) is 97.5 Å². The van der Waals surface area contributed by atoms with Crippen molar-refractivity contribution >= 4 is 0 Å². The molecular weight excluding hydrogens is 540 g/mol. The molecular formula is C33H52O9. The zero-order chi connectivity index (χ0) is 30.2. The van der Waals surface area contributed by atoms with Crippen LogP contribution in [0.1, 0.15) is 78.6 Å². The molecule has 0 unspecified atom stereocenters. The SMILES string of the molecule is C[C@@H]1O[C@@H](O[C@@H]2C=C3CC[C@@H]4[C@H](CC[C@]5(C)[C@@H](C6=C[C@H](CO)[C@@H](CO)C[C@@H]6O)CC[C@]45O)[C@@]3(C)CC2)[C@H](O)[C@H](O)[C@H]1O. The Morgan fingerprint density at radius 1 is 0.881 bits per heavy atom. The number of hydrogen-bond acceptors (Lipinski definition) is 9. The third-order valence-corrected chi connectivity index (χ3v) is 13.1. The molecule has 0 spiro atoms. The quantitative estimate of drug-likeness (QED) is 0.236. The minimum Gasteiger partial charge on any atom is -0.396 e. The fourth-order valence-electron chi connectivity index (χ4n) is 10.5. The highest BCUT2D eigenvalue weighted by atomic mass is 16.7. The van der Waals surface area contributed by atoms with Crippen LogP contribution < -0.4 is 0 Å². The van der Waals surface area contributed by atoms with Crippen molar-refractivity contribution in [2.45, 2.75) is 127 Å². The van der Waals surface area contributed by atoms with Gasteiger partial charge in [-0.05, 0) is 99.4 Å². The van der Waals surface area contributed by atoms with E-state index in [0.29, 0.717) is 18.8 Å². The van der Waals surface area contributed by atoms with Gasteiger partial charge in [-0.15, -0.1) is 0 Å². The summed E-state index contributed by atoms with van der Waals surface area (Å²) in [7, 11) is 0. The third-order valence-electron chi connectivity index (χ3n) is 13.1. The van der Waals surface area contributed by atoms with E-state index < -0.39 is 42.4 Å². The van der Waals surface area contributed by atoms with Crippen molar-refractivity contribution in [2.75, 3.05) is 13.2 Å². The predicted octanol–water partition coefficient (Wildman–Crippen LogP) is 1.80. The molecule has 1 aliphatic heterocycles. The Balaban J connectivity index is 1.20.